The molecule has 1 aliphatic heterocycles. The zero-order valence-corrected chi connectivity index (χ0v) is 17.7. The Morgan fingerprint density at radius 1 is 1.31 bits per heavy atom. The number of nitrogens with one attached hydrogen (secondary N) is 1. The van der Waals surface area contributed by atoms with Crippen molar-refractivity contribution in [2.45, 2.75) is 29.6 Å². The summed E-state index contributed by atoms with van der Waals surface area (Å²) in [4.78, 5) is 14.9. The molecule has 0 aliphatic carbocycles. The Labute approximate surface area is 166 Å². The van der Waals surface area contributed by atoms with E-state index in [-0.39, 0.29) is 10.8 Å². The van der Waals surface area contributed by atoms with Crippen LogP contribution in [-0.2, 0) is 21.2 Å². The number of hydrogen-bond donors (Lipinski definition) is 1. The van der Waals surface area contributed by atoms with Crippen LogP contribution in [0.15, 0.2) is 50.7 Å². The summed E-state index contributed by atoms with van der Waals surface area (Å²) in [6.07, 6.45) is 2.91. The lowest BCUT2D eigenvalue weighted by atomic mass is 10.2. The van der Waals surface area contributed by atoms with Gasteiger partial charge in [0.05, 0.1) is 5.69 Å². The molecule has 0 atom stereocenters. The first-order valence-corrected chi connectivity index (χ1v) is 11.7. The largest absolute Gasteiger partial charge is 0.310 e. The molecule has 138 valence electrons. The van der Waals surface area contributed by atoms with Crippen LogP contribution in [0.1, 0.15) is 18.9 Å². The molecular weight excluding hydrogens is 436 g/mol. The molecule has 0 bridgehead atoms. The molecule has 2 aromatic carbocycles. The van der Waals surface area contributed by atoms with Crippen molar-refractivity contribution in [3.8, 4) is 0 Å². The van der Waals surface area contributed by atoms with E-state index in [1.54, 1.807) is 30.0 Å². The predicted molar refractivity (Wildman–Crippen MR) is 110 cm³/mol. The minimum Gasteiger partial charge on any atom is -0.310 e. The molecule has 1 amide bonds. The molecule has 1 N–H and O–H groups in total. The first kappa shape index (κ1) is 19.3. The van der Waals surface area contributed by atoms with Crippen LogP contribution in [0, 0.1) is 0 Å². The smallest absolute Gasteiger partial charge is 0.264 e. The van der Waals surface area contributed by atoms with Gasteiger partial charge in [0, 0.05) is 28.0 Å². The fourth-order valence-electron chi connectivity index (χ4n) is 3.01. The van der Waals surface area contributed by atoms with Gasteiger partial charge in [-0.1, -0.05) is 28.9 Å². The second-order valence-electron chi connectivity index (χ2n) is 5.90. The van der Waals surface area contributed by atoms with Crippen molar-refractivity contribution in [3.63, 3.8) is 0 Å². The maximum atomic E-state index is 13.1. The normalized spacial score (nSPS) is 13.6. The fourth-order valence-corrected chi connectivity index (χ4v) is 5.45. The van der Waals surface area contributed by atoms with Crippen molar-refractivity contribution in [1.82, 2.24) is 0 Å². The zero-order chi connectivity index (χ0) is 18.9. The van der Waals surface area contributed by atoms with Crippen LogP contribution in [0.4, 0.5) is 11.4 Å². The summed E-state index contributed by atoms with van der Waals surface area (Å²) in [5, 5.41) is 0. The fraction of sp³-hybridized carbons (Fsp3) is 0.278. The van der Waals surface area contributed by atoms with Gasteiger partial charge < -0.3 is 4.90 Å². The van der Waals surface area contributed by atoms with E-state index in [2.05, 4.69) is 20.7 Å². The second-order valence-corrected chi connectivity index (χ2v) is 9.34. The van der Waals surface area contributed by atoms with E-state index in [1.165, 1.54) is 11.8 Å². The molecule has 0 fully saturated rings. The molecule has 0 unspecified atom stereocenters. The van der Waals surface area contributed by atoms with Crippen LogP contribution in [0.5, 0.6) is 0 Å². The molecule has 1 heterocycles. The monoisotopic (exact) mass is 454 g/mol. The van der Waals surface area contributed by atoms with Crippen molar-refractivity contribution in [1.29, 1.82) is 0 Å². The van der Waals surface area contributed by atoms with E-state index in [0.717, 1.165) is 10.5 Å². The number of anilines is 2. The first-order valence-electron chi connectivity index (χ1n) is 8.15. The quantitative estimate of drug-likeness (QED) is 0.684. The van der Waals surface area contributed by atoms with E-state index >= 15 is 0 Å². The van der Waals surface area contributed by atoms with Gasteiger partial charge in [0.25, 0.3) is 10.0 Å². The van der Waals surface area contributed by atoms with Crippen LogP contribution >= 0.6 is 27.7 Å². The standard InChI is InChI=1S/C18H19BrN2O3S2/c1-3-17(22)21-8-7-12-9-13(19)10-16(18(12)21)26(23,24)20-14-5-4-6-15(11-14)25-2/h4-6,9-11,20H,3,7-8H2,1-2H3. The molecule has 0 spiro atoms. The number of benzene rings is 2. The summed E-state index contributed by atoms with van der Waals surface area (Å²) in [5.41, 5.74) is 1.85. The predicted octanol–water partition coefficient (Wildman–Crippen LogP) is 4.27. The van der Waals surface area contributed by atoms with Crippen molar-refractivity contribution in [2.75, 3.05) is 22.4 Å². The minimum atomic E-state index is -3.84. The van der Waals surface area contributed by atoms with Crippen molar-refractivity contribution >= 4 is 55.0 Å². The van der Waals surface area contributed by atoms with Crippen molar-refractivity contribution in [2.24, 2.45) is 0 Å². The number of hydrogen-bond acceptors (Lipinski definition) is 4. The van der Waals surface area contributed by atoms with E-state index < -0.39 is 10.0 Å². The highest BCUT2D eigenvalue weighted by Crippen LogP contribution is 2.38. The third-order valence-electron chi connectivity index (χ3n) is 4.21. The lowest BCUT2D eigenvalue weighted by molar-refractivity contribution is -0.118. The van der Waals surface area contributed by atoms with Crippen LogP contribution < -0.4 is 9.62 Å². The summed E-state index contributed by atoms with van der Waals surface area (Å²) in [6, 6.07) is 10.7. The molecule has 8 heteroatoms. The number of thioether (sulfide) groups is 1. The van der Waals surface area contributed by atoms with Gasteiger partial charge in [0.15, 0.2) is 0 Å². The maximum absolute atomic E-state index is 13.1. The van der Waals surface area contributed by atoms with Crippen LogP contribution in [0.25, 0.3) is 0 Å². The molecule has 1 aliphatic rings. The third kappa shape index (κ3) is 3.77. The van der Waals surface area contributed by atoms with Gasteiger partial charge in [-0.25, -0.2) is 8.42 Å². The number of halogens is 1. The van der Waals surface area contributed by atoms with E-state index in [0.29, 0.717) is 35.2 Å². The van der Waals surface area contributed by atoms with Crippen LogP contribution in [0.3, 0.4) is 0 Å². The highest BCUT2D eigenvalue weighted by molar-refractivity contribution is 9.10. The van der Waals surface area contributed by atoms with Gasteiger partial charge in [0.1, 0.15) is 4.90 Å². The zero-order valence-electron chi connectivity index (χ0n) is 14.5. The molecule has 0 saturated heterocycles. The number of nitrogens with zero attached hydrogens (tertiary/aromatic N) is 1. The average molecular weight is 455 g/mol. The lowest BCUT2D eigenvalue weighted by Crippen LogP contribution is -2.29. The number of sulfonamides is 1. The average Bonchev–Trinajstić information content (AvgIpc) is 3.03. The van der Waals surface area contributed by atoms with Gasteiger partial charge in [-0.15, -0.1) is 11.8 Å². The van der Waals surface area contributed by atoms with Crippen LogP contribution in [0.2, 0.25) is 0 Å². The number of amides is 1. The van der Waals surface area contributed by atoms with E-state index in [1.807, 2.05) is 24.5 Å². The molecule has 0 saturated carbocycles. The summed E-state index contributed by atoms with van der Waals surface area (Å²) >= 11 is 4.93. The molecular formula is C18H19BrN2O3S2. The number of carbonyl (C=O) groups excluding carboxylic acids is 1. The highest BCUT2D eigenvalue weighted by atomic mass is 79.9. The Morgan fingerprint density at radius 3 is 2.77 bits per heavy atom. The SMILES string of the molecule is CCC(=O)N1CCc2cc(Br)cc(S(=O)(=O)Nc3cccc(SC)c3)c21. The second kappa shape index (κ2) is 7.62. The van der Waals surface area contributed by atoms with Crippen LogP contribution in [-0.4, -0.2) is 27.1 Å². The highest BCUT2D eigenvalue weighted by Gasteiger charge is 2.32. The van der Waals surface area contributed by atoms with Crippen molar-refractivity contribution < 1.29 is 13.2 Å². The Balaban J connectivity index is 2.06. The number of fused-ring (bicyclic) bond motifs is 1. The molecule has 5 nitrogen and oxygen atoms in total. The molecule has 0 aromatic heterocycles. The number of rotatable bonds is 5. The van der Waals surface area contributed by atoms with Crippen molar-refractivity contribution in [3.05, 3.63) is 46.4 Å². The molecule has 2 aromatic rings. The number of carbonyl (C=O) groups is 1. The summed E-state index contributed by atoms with van der Waals surface area (Å²) in [7, 11) is -3.84. The summed E-state index contributed by atoms with van der Waals surface area (Å²) in [6.45, 7) is 2.28. The maximum Gasteiger partial charge on any atom is 0.264 e. The summed E-state index contributed by atoms with van der Waals surface area (Å²) in [5.74, 6) is -0.0769. The Kier molecular flexibility index (Phi) is 5.64. The van der Waals surface area contributed by atoms with E-state index in [9.17, 15) is 13.2 Å². The summed E-state index contributed by atoms with van der Waals surface area (Å²) < 4.78 is 29.5. The molecule has 26 heavy (non-hydrogen) atoms. The van der Waals surface area contributed by atoms with Gasteiger partial charge in [-0.05, 0) is 48.6 Å². The Bertz CT molecular complexity index is 961. The Morgan fingerprint density at radius 2 is 2.08 bits per heavy atom. The third-order valence-corrected chi connectivity index (χ3v) is 6.79. The van der Waals surface area contributed by atoms with Gasteiger partial charge in [0.2, 0.25) is 5.91 Å². The molecule has 0 radical (unpaired) electrons. The van der Waals surface area contributed by atoms with Gasteiger partial charge >= 0.3 is 0 Å². The lowest BCUT2D eigenvalue weighted by Gasteiger charge is -2.20. The van der Waals surface area contributed by atoms with Gasteiger partial charge in [-0.2, -0.15) is 0 Å². The minimum absolute atomic E-state index is 0.0769. The van der Waals surface area contributed by atoms with Gasteiger partial charge in [-0.3, -0.25) is 9.52 Å². The molecule has 3 rings (SSSR count). The first-order chi connectivity index (χ1) is 12.4. The van der Waals surface area contributed by atoms with E-state index in [4.69, 9.17) is 0 Å². The topological polar surface area (TPSA) is 66.5 Å². The Hall–Kier alpha value is -1.51.